The fourth-order valence-electron chi connectivity index (χ4n) is 2.58. The summed E-state index contributed by atoms with van der Waals surface area (Å²) in [5.41, 5.74) is 1.67. The average molecular weight is 497 g/mol. The van der Waals surface area contributed by atoms with E-state index >= 15 is 0 Å². The molecule has 1 aliphatic heterocycles. The van der Waals surface area contributed by atoms with Gasteiger partial charge in [0.1, 0.15) is 18.0 Å². The fourth-order valence-corrected chi connectivity index (χ4v) is 3.18. The summed E-state index contributed by atoms with van der Waals surface area (Å²) in [6.45, 7) is 1.59. The maximum absolute atomic E-state index is 12.5. The Labute approximate surface area is 172 Å². The highest BCUT2D eigenvalue weighted by Crippen LogP contribution is 2.28. The second kappa shape index (κ2) is 8.10. The molecule has 3 rings (SSSR count). The molecule has 2 N–H and O–H groups in total. The van der Waals surface area contributed by atoms with Crippen LogP contribution in [0, 0.1) is 0 Å². The lowest BCUT2D eigenvalue weighted by Crippen LogP contribution is -2.38. The topological polar surface area (TPSA) is 91.7 Å². The minimum absolute atomic E-state index is 0.0375. The molecule has 1 aromatic carbocycles. The first kappa shape index (κ1) is 19.4. The Kier molecular flexibility index (Phi) is 5.81. The van der Waals surface area contributed by atoms with E-state index in [4.69, 9.17) is 4.42 Å². The van der Waals surface area contributed by atoms with Gasteiger partial charge in [-0.25, -0.2) is 9.69 Å². The fraction of sp³-hybridized carbons (Fsp3) is 0.167. The highest BCUT2D eigenvalue weighted by Gasteiger charge is 2.35. The number of aryl methyl sites for hydroxylation is 1. The molecule has 140 valence electrons. The molecule has 0 unspecified atom stereocenters. The summed E-state index contributed by atoms with van der Waals surface area (Å²) in [4.78, 5) is 37.7. The van der Waals surface area contributed by atoms with Crippen LogP contribution in [0.4, 0.5) is 10.5 Å². The van der Waals surface area contributed by atoms with Crippen LogP contribution in [-0.2, 0) is 16.0 Å². The Bertz CT molecular complexity index is 932. The summed E-state index contributed by atoms with van der Waals surface area (Å²) in [6.07, 6.45) is 2.15. The van der Waals surface area contributed by atoms with Gasteiger partial charge in [0.2, 0.25) is 5.91 Å². The summed E-state index contributed by atoms with van der Waals surface area (Å²) < 4.78 is 6.52. The first-order chi connectivity index (χ1) is 12.9. The van der Waals surface area contributed by atoms with Crippen molar-refractivity contribution < 1.29 is 18.8 Å². The Morgan fingerprint density at radius 1 is 1.30 bits per heavy atom. The summed E-state index contributed by atoms with van der Waals surface area (Å²) in [7, 11) is 0. The van der Waals surface area contributed by atoms with Gasteiger partial charge >= 0.3 is 6.03 Å². The molecule has 9 heteroatoms. The van der Waals surface area contributed by atoms with Crippen LogP contribution in [0.2, 0.25) is 0 Å². The Balaban J connectivity index is 1.71. The lowest BCUT2D eigenvalue weighted by atomic mass is 10.1. The van der Waals surface area contributed by atoms with Crippen molar-refractivity contribution >= 4 is 61.5 Å². The zero-order valence-electron chi connectivity index (χ0n) is 14.2. The van der Waals surface area contributed by atoms with Crippen LogP contribution < -0.4 is 10.6 Å². The molecule has 2 heterocycles. The predicted octanol–water partition coefficient (Wildman–Crippen LogP) is 3.90. The number of urea groups is 1. The van der Waals surface area contributed by atoms with Crippen LogP contribution in [0.5, 0.6) is 0 Å². The van der Waals surface area contributed by atoms with Crippen LogP contribution in [-0.4, -0.2) is 29.3 Å². The van der Waals surface area contributed by atoms with E-state index in [0.717, 1.165) is 16.9 Å². The molecule has 0 atom stereocenters. The molecule has 4 amide bonds. The van der Waals surface area contributed by atoms with E-state index in [0.29, 0.717) is 20.6 Å². The Hall–Kier alpha value is -2.39. The van der Waals surface area contributed by atoms with Gasteiger partial charge in [0.25, 0.3) is 5.91 Å². The third-order valence-electron chi connectivity index (χ3n) is 3.89. The number of carbonyl (C=O) groups excluding carboxylic acids is 3. The summed E-state index contributed by atoms with van der Waals surface area (Å²) in [6, 6.07) is 8.37. The summed E-state index contributed by atoms with van der Waals surface area (Å²) >= 11 is 6.48. The van der Waals surface area contributed by atoms with Crippen molar-refractivity contribution in [1.29, 1.82) is 0 Å². The normalized spacial score (nSPS) is 15.4. The maximum atomic E-state index is 12.5. The molecule has 0 saturated carbocycles. The van der Waals surface area contributed by atoms with Gasteiger partial charge in [-0.3, -0.25) is 9.59 Å². The maximum Gasteiger partial charge on any atom is 0.329 e. The highest BCUT2D eigenvalue weighted by molar-refractivity contribution is 9.13. The molecular formula is C18H15Br2N3O4. The third kappa shape index (κ3) is 4.30. The molecule has 0 aliphatic carbocycles. The van der Waals surface area contributed by atoms with Crippen molar-refractivity contribution in [2.45, 2.75) is 13.3 Å². The second-order valence-corrected chi connectivity index (χ2v) is 7.28. The van der Waals surface area contributed by atoms with Crippen molar-refractivity contribution in [2.24, 2.45) is 0 Å². The van der Waals surface area contributed by atoms with Crippen LogP contribution in [0.15, 0.2) is 49.6 Å². The molecule has 27 heavy (non-hydrogen) atoms. The molecule has 0 bridgehead atoms. The van der Waals surface area contributed by atoms with E-state index < -0.39 is 17.8 Å². The molecule has 2 aromatic rings. The number of anilines is 1. The van der Waals surface area contributed by atoms with Crippen LogP contribution in [0.25, 0.3) is 6.08 Å². The Morgan fingerprint density at radius 2 is 2.04 bits per heavy atom. The quantitative estimate of drug-likeness (QED) is 0.485. The number of halogens is 2. The molecular weight excluding hydrogens is 482 g/mol. The molecule has 0 radical (unpaired) electrons. The van der Waals surface area contributed by atoms with Gasteiger partial charge in [0.15, 0.2) is 4.67 Å². The standard InChI is InChI=1S/C18H15Br2N3O4/c1-2-10-5-3-4-6-13(10)21-15(24)9-23-17(25)14(22-18(23)26)8-11-7-12(19)16(20)27-11/h3-8H,2,9H2,1H3,(H,21,24)(H,22,26)/b14-8+. The number of imide groups is 1. The summed E-state index contributed by atoms with van der Waals surface area (Å²) in [5.74, 6) is -0.674. The zero-order valence-corrected chi connectivity index (χ0v) is 17.4. The van der Waals surface area contributed by atoms with Crippen LogP contribution in [0.3, 0.4) is 0 Å². The van der Waals surface area contributed by atoms with Gasteiger partial charge < -0.3 is 15.1 Å². The van der Waals surface area contributed by atoms with Gasteiger partial charge in [0.05, 0.1) is 4.47 Å². The molecule has 7 nitrogen and oxygen atoms in total. The average Bonchev–Trinajstić information content (AvgIpc) is 3.08. The Morgan fingerprint density at radius 3 is 2.70 bits per heavy atom. The number of furan rings is 1. The van der Waals surface area contributed by atoms with Gasteiger partial charge in [-0.15, -0.1) is 0 Å². The van der Waals surface area contributed by atoms with E-state index in [1.807, 2.05) is 25.1 Å². The number of para-hydroxylation sites is 1. The van der Waals surface area contributed by atoms with Gasteiger partial charge in [-0.2, -0.15) is 0 Å². The van der Waals surface area contributed by atoms with Crippen molar-refractivity contribution in [3.8, 4) is 0 Å². The number of amides is 4. The van der Waals surface area contributed by atoms with Gasteiger partial charge in [0, 0.05) is 11.8 Å². The number of hydrogen-bond acceptors (Lipinski definition) is 4. The lowest BCUT2D eigenvalue weighted by molar-refractivity contribution is -0.127. The molecule has 1 aromatic heterocycles. The number of carbonyl (C=O) groups is 3. The number of nitrogens with zero attached hydrogens (tertiary/aromatic N) is 1. The zero-order chi connectivity index (χ0) is 19.6. The number of nitrogens with one attached hydrogen (secondary N) is 2. The lowest BCUT2D eigenvalue weighted by Gasteiger charge is -2.13. The smallest absolute Gasteiger partial charge is 0.329 e. The van der Waals surface area contributed by atoms with Crippen LogP contribution >= 0.6 is 31.9 Å². The van der Waals surface area contributed by atoms with Crippen molar-refractivity contribution in [3.63, 3.8) is 0 Å². The first-order valence-corrected chi connectivity index (χ1v) is 9.64. The van der Waals surface area contributed by atoms with E-state index in [9.17, 15) is 14.4 Å². The van der Waals surface area contributed by atoms with Crippen molar-refractivity contribution in [2.75, 3.05) is 11.9 Å². The summed E-state index contributed by atoms with van der Waals surface area (Å²) in [5, 5.41) is 5.19. The molecule has 1 fully saturated rings. The van der Waals surface area contributed by atoms with Gasteiger partial charge in [-0.1, -0.05) is 25.1 Å². The van der Waals surface area contributed by atoms with Gasteiger partial charge in [-0.05, 0) is 56.0 Å². The number of rotatable bonds is 5. The monoisotopic (exact) mass is 495 g/mol. The van der Waals surface area contributed by atoms with E-state index in [2.05, 4.69) is 42.5 Å². The minimum Gasteiger partial charge on any atom is -0.449 e. The van der Waals surface area contributed by atoms with E-state index in [1.54, 1.807) is 12.1 Å². The highest BCUT2D eigenvalue weighted by atomic mass is 79.9. The van der Waals surface area contributed by atoms with Crippen molar-refractivity contribution in [1.82, 2.24) is 10.2 Å². The molecule has 0 spiro atoms. The third-order valence-corrected chi connectivity index (χ3v) is 5.60. The van der Waals surface area contributed by atoms with Crippen molar-refractivity contribution in [3.05, 3.63) is 56.5 Å². The SMILES string of the molecule is CCc1ccccc1NC(=O)CN1C(=O)N/C(=C/c2cc(Br)c(Br)o2)C1=O. The predicted molar refractivity (Wildman–Crippen MR) is 107 cm³/mol. The number of benzene rings is 1. The second-order valence-electron chi connectivity index (χ2n) is 5.71. The minimum atomic E-state index is -0.658. The number of hydrogen-bond donors (Lipinski definition) is 2. The first-order valence-electron chi connectivity index (χ1n) is 8.06. The largest absolute Gasteiger partial charge is 0.449 e. The molecule has 1 aliphatic rings. The van der Waals surface area contributed by atoms with Crippen LogP contribution in [0.1, 0.15) is 18.2 Å². The van der Waals surface area contributed by atoms with E-state index in [-0.39, 0.29) is 12.2 Å². The molecule has 1 saturated heterocycles. The van der Waals surface area contributed by atoms with E-state index in [1.165, 1.54) is 6.08 Å².